The Morgan fingerprint density at radius 3 is 2.62 bits per heavy atom. The number of aromatic nitrogens is 3. The van der Waals surface area contributed by atoms with Gasteiger partial charge in [0.2, 0.25) is 0 Å². The first-order valence-electron chi connectivity index (χ1n) is 8.92. The fourth-order valence-corrected chi connectivity index (χ4v) is 3.33. The fourth-order valence-electron chi connectivity index (χ4n) is 3.33. The van der Waals surface area contributed by atoms with E-state index in [4.69, 9.17) is 4.98 Å². The molecule has 132 valence electrons. The number of carbonyl (C=O) groups excluding carboxylic acids is 1. The van der Waals surface area contributed by atoms with Crippen molar-refractivity contribution in [2.75, 3.05) is 6.54 Å². The van der Waals surface area contributed by atoms with Crippen LogP contribution < -0.4 is 5.32 Å². The van der Waals surface area contributed by atoms with Crippen LogP contribution in [-0.4, -0.2) is 27.4 Å². The lowest BCUT2D eigenvalue weighted by Crippen LogP contribution is -2.43. The summed E-state index contributed by atoms with van der Waals surface area (Å²) in [5.41, 5.74) is 5.43. The van der Waals surface area contributed by atoms with Crippen molar-refractivity contribution in [3.05, 3.63) is 59.4 Å². The summed E-state index contributed by atoms with van der Waals surface area (Å²) in [4.78, 5) is 24.7. The highest BCUT2D eigenvalue weighted by molar-refractivity contribution is 5.98. The zero-order valence-corrected chi connectivity index (χ0v) is 15.3. The van der Waals surface area contributed by atoms with Gasteiger partial charge in [0.25, 0.3) is 5.91 Å². The summed E-state index contributed by atoms with van der Waals surface area (Å²) < 4.78 is 0. The van der Waals surface area contributed by atoms with E-state index < -0.39 is 0 Å². The number of H-pyrrole nitrogens is 1. The van der Waals surface area contributed by atoms with E-state index in [9.17, 15) is 4.79 Å². The highest BCUT2D eigenvalue weighted by Gasteiger charge is 2.33. The number of rotatable bonds is 3. The molecule has 26 heavy (non-hydrogen) atoms. The van der Waals surface area contributed by atoms with Gasteiger partial charge in [-0.25, -0.2) is 9.97 Å². The molecule has 0 bridgehead atoms. The van der Waals surface area contributed by atoms with Crippen molar-refractivity contribution in [2.24, 2.45) is 0 Å². The Bertz CT molecular complexity index is 970. The van der Waals surface area contributed by atoms with Gasteiger partial charge in [-0.1, -0.05) is 45.0 Å². The Morgan fingerprint density at radius 2 is 1.92 bits per heavy atom. The number of benzene rings is 1. The number of nitrogens with zero attached hydrogens (tertiary/aromatic N) is 2. The number of carbonyl (C=O) groups is 1. The van der Waals surface area contributed by atoms with Crippen LogP contribution in [0.15, 0.2) is 42.6 Å². The SMILES string of the molecule is CCc1ccc(-c2nccc(-c3cc4c([nH]3)C(C)(C)CNC4=O)n2)cc1. The Kier molecular flexibility index (Phi) is 3.87. The van der Waals surface area contributed by atoms with Crippen molar-refractivity contribution >= 4 is 5.91 Å². The van der Waals surface area contributed by atoms with E-state index in [0.717, 1.165) is 29.1 Å². The molecular weight excluding hydrogens is 324 g/mol. The largest absolute Gasteiger partial charge is 0.356 e. The molecule has 1 aliphatic heterocycles. The molecule has 0 spiro atoms. The third kappa shape index (κ3) is 2.79. The zero-order chi connectivity index (χ0) is 18.3. The number of fused-ring (bicyclic) bond motifs is 1. The second kappa shape index (κ2) is 6.09. The molecule has 0 saturated heterocycles. The van der Waals surface area contributed by atoms with E-state index >= 15 is 0 Å². The van der Waals surface area contributed by atoms with Crippen molar-refractivity contribution in [3.63, 3.8) is 0 Å². The topological polar surface area (TPSA) is 70.7 Å². The molecule has 3 aromatic rings. The van der Waals surface area contributed by atoms with Crippen LogP contribution in [0, 0.1) is 0 Å². The third-order valence-electron chi connectivity index (χ3n) is 4.98. The van der Waals surface area contributed by atoms with Crippen LogP contribution >= 0.6 is 0 Å². The molecule has 1 aliphatic rings. The summed E-state index contributed by atoms with van der Waals surface area (Å²) in [5, 5.41) is 2.95. The third-order valence-corrected chi connectivity index (χ3v) is 4.98. The molecule has 3 heterocycles. The van der Waals surface area contributed by atoms with Gasteiger partial charge in [-0.2, -0.15) is 0 Å². The molecule has 0 unspecified atom stereocenters. The van der Waals surface area contributed by atoms with Crippen LogP contribution in [0.3, 0.4) is 0 Å². The van der Waals surface area contributed by atoms with E-state index in [2.05, 4.69) is 48.2 Å². The first-order chi connectivity index (χ1) is 12.5. The number of hydrogen-bond acceptors (Lipinski definition) is 3. The second-order valence-corrected chi connectivity index (χ2v) is 7.35. The molecule has 0 saturated carbocycles. The number of amides is 1. The minimum Gasteiger partial charge on any atom is -0.356 e. The average molecular weight is 346 g/mol. The summed E-state index contributed by atoms with van der Waals surface area (Å²) in [7, 11) is 0. The molecule has 0 aliphatic carbocycles. The maximum Gasteiger partial charge on any atom is 0.253 e. The standard InChI is InChI=1S/C21H22N4O/c1-4-13-5-7-14(8-6-13)19-22-10-9-16(25-19)17-11-15-18(24-17)21(2,3)12-23-20(15)26/h5-11,24H,4,12H2,1-3H3,(H,23,26). The maximum absolute atomic E-state index is 12.2. The lowest BCUT2D eigenvalue weighted by Gasteiger charge is -2.29. The van der Waals surface area contributed by atoms with Crippen LogP contribution in [0.1, 0.15) is 42.4 Å². The van der Waals surface area contributed by atoms with Gasteiger partial charge in [0, 0.05) is 29.4 Å². The van der Waals surface area contributed by atoms with Gasteiger partial charge in [-0.3, -0.25) is 4.79 Å². The van der Waals surface area contributed by atoms with Gasteiger partial charge in [0.1, 0.15) is 0 Å². The van der Waals surface area contributed by atoms with Gasteiger partial charge < -0.3 is 10.3 Å². The summed E-state index contributed by atoms with van der Waals surface area (Å²) >= 11 is 0. The summed E-state index contributed by atoms with van der Waals surface area (Å²) in [5.74, 6) is 0.646. The number of aryl methyl sites for hydroxylation is 1. The second-order valence-electron chi connectivity index (χ2n) is 7.35. The molecule has 1 aromatic carbocycles. The number of nitrogens with one attached hydrogen (secondary N) is 2. The van der Waals surface area contributed by atoms with Crippen molar-refractivity contribution in [3.8, 4) is 22.8 Å². The van der Waals surface area contributed by atoms with Crippen molar-refractivity contribution in [1.82, 2.24) is 20.3 Å². The van der Waals surface area contributed by atoms with Crippen LogP contribution in [0.4, 0.5) is 0 Å². The van der Waals surface area contributed by atoms with Crippen molar-refractivity contribution in [2.45, 2.75) is 32.6 Å². The Morgan fingerprint density at radius 1 is 1.15 bits per heavy atom. The average Bonchev–Trinajstić information content (AvgIpc) is 3.13. The van der Waals surface area contributed by atoms with Crippen molar-refractivity contribution in [1.29, 1.82) is 0 Å². The summed E-state index contributed by atoms with van der Waals surface area (Å²) in [6.07, 6.45) is 2.77. The van der Waals surface area contributed by atoms with E-state index in [1.165, 1.54) is 5.56 Å². The number of aromatic amines is 1. The smallest absolute Gasteiger partial charge is 0.253 e. The summed E-state index contributed by atoms with van der Waals surface area (Å²) in [6, 6.07) is 12.1. The fraction of sp³-hybridized carbons (Fsp3) is 0.286. The van der Waals surface area contributed by atoms with Gasteiger partial charge >= 0.3 is 0 Å². The van der Waals surface area contributed by atoms with Gasteiger partial charge in [0.15, 0.2) is 5.82 Å². The molecule has 0 fully saturated rings. The van der Waals surface area contributed by atoms with Crippen molar-refractivity contribution < 1.29 is 4.79 Å². The predicted octanol–water partition coefficient (Wildman–Crippen LogP) is 3.72. The first-order valence-corrected chi connectivity index (χ1v) is 8.92. The van der Waals surface area contributed by atoms with Crippen LogP contribution in [0.25, 0.3) is 22.8 Å². The zero-order valence-electron chi connectivity index (χ0n) is 15.3. The minimum atomic E-state index is -0.132. The normalized spacial score (nSPS) is 15.4. The molecule has 1 amide bonds. The molecule has 0 radical (unpaired) electrons. The monoisotopic (exact) mass is 346 g/mol. The molecule has 5 nitrogen and oxygen atoms in total. The van der Waals surface area contributed by atoms with Gasteiger partial charge in [-0.15, -0.1) is 0 Å². The quantitative estimate of drug-likeness (QED) is 0.759. The maximum atomic E-state index is 12.2. The van der Waals surface area contributed by atoms with Crippen LogP contribution in [-0.2, 0) is 11.8 Å². The van der Waals surface area contributed by atoms with E-state index in [0.29, 0.717) is 17.9 Å². The molecule has 2 N–H and O–H groups in total. The summed E-state index contributed by atoms with van der Waals surface area (Å²) in [6.45, 7) is 6.99. The predicted molar refractivity (Wildman–Crippen MR) is 102 cm³/mol. The Hall–Kier alpha value is -2.95. The molecule has 5 heteroatoms. The van der Waals surface area contributed by atoms with Crippen LogP contribution in [0.5, 0.6) is 0 Å². The van der Waals surface area contributed by atoms with E-state index in [1.54, 1.807) is 6.20 Å². The highest BCUT2D eigenvalue weighted by atomic mass is 16.1. The Balaban J connectivity index is 1.74. The first kappa shape index (κ1) is 16.5. The minimum absolute atomic E-state index is 0.0359. The van der Waals surface area contributed by atoms with E-state index in [-0.39, 0.29) is 11.3 Å². The molecule has 2 aromatic heterocycles. The molecule has 0 atom stereocenters. The van der Waals surface area contributed by atoms with Gasteiger partial charge in [-0.05, 0) is 24.1 Å². The highest BCUT2D eigenvalue weighted by Crippen LogP contribution is 2.32. The molecule has 4 rings (SSSR count). The number of hydrogen-bond donors (Lipinski definition) is 2. The lowest BCUT2D eigenvalue weighted by atomic mass is 9.84. The van der Waals surface area contributed by atoms with Crippen LogP contribution in [0.2, 0.25) is 0 Å². The van der Waals surface area contributed by atoms with E-state index in [1.807, 2.05) is 24.3 Å². The van der Waals surface area contributed by atoms with Gasteiger partial charge in [0.05, 0.1) is 17.0 Å². The Labute approximate surface area is 152 Å². The molecular formula is C21H22N4O. The lowest BCUT2D eigenvalue weighted by molar-refractivity contribution is 0.0929.